The zero-order chi connectivity index (χ0) is 20.2. The molecular weight excluding hydrogens is 334 g/mol. The van der Waals surface area contributed by atoms with Crippen LogP contribution < -0.4 is 0 Å². The molecule has 0 aromatic rings. The summed E-state index contributed by atoms with van der Waals surface area (Å²) in [6, 6.07) is 0. The molecule has 0 bridgehead atoms. The van der Waals surface area contributed by atoms with E-state index in [0.717, 1.165) is 43.9 Å². The fourth-order valence-corrected chi connectivity index (χ4v) is 3.84. The maximum Gasteiger partial charge on any atom is 0.222 e. The molecule has 0 spiro atoms. The minimum Gasteiger partial charge on any atom is -0.340 e. The molecule has 1 aliphatic carbocycles. The Kier molecular flexibility index (Phi) is 12.3. The first kappa shape index (κ1) is 24.4. The lowest BCUT2D eigenvalue weighted by atomic mass is 9.84. The van der Waals surface area contributed by atoms with Gasteiger partial charge in [-0.05, 0) is 57.8 Å². The van der Waals surface area contributed by atoms with Gasteiger partial charge in [0.25, 0.3) is 0 Å². The average molecular weight is 382 g/mol. The first-order valence-electron chi connectivity index (χ1n) is 11.5. The second-order valence-corrected chi connectivity index (χ2v) is 9.39. The zero-order valence-electron chi connectivity index (χ0n) is 19.2. The maximum atomic E-state index is 11.2. The van der Waals surface area contributed by atoms with Gasteiger partial charge in [-0.2, -0.15) is 0 Å². The second kappa shape index (κ2) is 13.5. The van der Waals surface area contributed by atoms with Gasteiger partial charge < -0.3 is 14.7 Å². The van der Waals surface area contributed by atoms with Crippen molar-refractivity contribution in [1.29, 1.82) is 0 Å². The molecule has 0 radical (unpaired) electrons. The van der Waals surface area contributed by atoms with E-state index in [-0.39, 0.29) is 5.91 Å². The standard InChI is InChI=1S/C8H16N2O.C8H16.C7H15N/c1-3-8(11)10-6-4-9(2)5-7-10;2*1-7-3-5-8(2)6-4-7/h3-7H2,1-2H3;7-8H,3-6H2,1-2H3;7H,3-6H2,1-2H3. The Morgan fingerprint density at radius 2 is 1.04 bits per heavy atom. The first-order chi connectivity index (χ1) is 12.8. The number of likely N-dealkylation sites (tertiary alicyclic amines) is 1. The summed E-state index contributed by atoms with van der Waals surface area (Å²) >= 11 is 0. The topological polar surface area (TPSA) is 26.8 Å². The molecule has 2 aliphatic heterocycles. The smallest absolute Gasteiger partial charge is 0.222 e. The summed E-state index contributed by atoms with van der Waals surface area (Å²) in [6.45, 7) is 15.5. The van der Waals surface area contributed by atoms with E-state index in [0.29, 0.717) is 6.42 Å². The van der Waals surface area contributed by atoms with Gasteiger partial charge in [-0.1, -0.05) is 53.4 Å². The summed E-state index contributed by atoms with van der Waals surface area (Å²) in [6.07, 6.45) is 9.33. The molecule has 4 nitrogen and oxygen atoms in total. The van der Waals surface area contributed by atoms with Gasteiger partial charge in [-0.25, -0.2) is 0 Å². The Bertz CT molecular complexity index is 337. The van der Waals surface area contributed by atoms with E-state index in [4.69, 9.17) is 0 Å². The van der Waals surface area contributed by atoms with Crippen LogP contribution in [0.2, 0.25) is 0 Å². The molecule has 4 heteroatoms. The van der Waals surface area contributed by atoms with Gasteiger partial charge in [0.05, 0.1) is 0 Å². The van der Waals surface area contributed by atoms with E-state index in [1.807, 2.05) is 11.8 Å². The maximum absolute atomic E-state index is 11.2. The number of amides is 1. The zero-order valence-corrected chi connectivity index (χ0v) is 19.2. The van der Waals surface area contributed by atoms with E-state index >= 15 is 0 Å². The number of hydrogen-bond acceptors (Lipinski definition) is 3. The molecule has 1 saturated carbocycles. The van der Waals surface area contributed by atoms with Crippen LogP contribution in [-0.4, -0.2) is 74.0 Å². The van der Waals surface area contributed by atoms with Crippen LogP contribution >= 0.6 is 0 Å². The Morgan fingerprint density at radius 1 is 0.667 bits per heavy atom. The number of piperidine rings is 1. The van der Waals surface area contributed by atoms with E-state index in [2.05, 4.69) is 44.7 Å². The van der Waals surface area contributed by atoms with Crippen molar-refractivity contribution < 1.29 is 4.79 Å². The predicted octanol–water partition coefficient (Wildman–Crippen LogP) is 4.35. The van der Waals surface area contributed by atoms with Gasteiger partial charge in [0.2, 0.25) is 5.91 Å². The van der Waals surface area contributed by atoms with Crippen molar-refractivity contribution in [3.8, 4) is 0 Å². The molecule has 0 aromatic heterocycles. The largest absolute Gasteiger partial charge is 0.340 e. The molecule has 160 valence electrons. The molecule has 0 aromatic carbocycles. The number of hydrogen-bond donors (Lipinski definition) is 0. The highest BCUT2D eigenvalue weighted by atomic mass is 16.2. The molecule has 27 heavy (non-hydrogen) atoms. The van der Waals surface area contributed by atoms with E-state index in [1.54, 1.807) is 0 Å². The molecule has 0 unspecified atom stereocenters. The molecule has 2 saturated heterocycles. The predicted molar refractivity (Wildman–Crippen MR) is 117 cm³/mol. The SMILES string of the molecule is CC1CCC(C)CC1.CC1CCN(C)CC1.CCC(=O)N1CCN(C)CC1. The second-order valence-electron chi connectivity index (χ2n) is 9.39. The fourth-order valence-electron chi connectivity index (χ4n) is 3.84. The van der Waals surface area contributed by atoms with Crippen LogP contribution in [-0.2, 0) is 4.79 Å². The molecule has 3 aliphatic rings. The highest BCUT2D eigenvalue weighted by molar-refractivity contribution is 5.75. The molecule has 1 amide bonds. The molecule has 0 N–H and O–H groups in total. The highest BCUT2D eigenvalue weighted by Gasteiger charge is 2.16. The van der Waals surface area contributed by atoms with Crippen LogP contribution in [0.1, 0.15) is 72.6 Å². The summed E-state index contributed by atoms with van der Waals surface area (Å²) < 4.78 is 0. The third kappa shape index (κ3) is 11.1. The summed E-state index contributed by atoms with van der Waals surface area (Å²) in [7, 11) is 4.29. The van der Waals surface area contributed by atoms with Crippen LogP contribution in [0.5, 0.6) is 0 Å². The van der Waals surface area contributed by atoms with Crippen molar-refractivity contribution in [3.63, 3.8) is 0 Å². The molecule has 0 atom stereocenters. The van der Waals surface area contributed by atoms with Crippen LogP contribution in [0.25, 0.3) is 0 Å². The van der Waals surface area contributed by atoms with Crippen molar-refractivity contribution in [3.05, 3.63) is 0 Å². The summed E-state index contributed by atoms with van der Waals surface area (Å²) in [5.41, 5.74) is 0. The lowest BCUT2D eigenvalue weighted by Gasteiger charge is -2.32. The summed E-state index contributed by atoms with van der Waals surface area (Å²) in [5.74, 6) is 3.31. The van der Waals surface area contributed by atoms with Crippen LogP contribution in [0.4, 0.5) is 0 Å². The minimum absolute atomic E-state index is 0.290. The highest BCUT2D eigenvalue weighted by Crippen LogP contribution is 2.27. The number of piperazine rings is 1. The van der Waals surface area contributed by atoms with Gasteiger partial charge in [-0.15, -0.1) is 0 Å². The minimum atomic E-state index is 0.290. The normalized spacial score (nSPS) is 27.9. The summed E-state index contributed by atoms with van der Waals surface area (Å²) in [5, 5.41) is 0. The number of carbonyl (C=O) groups is 1. The van der Waals surface area contributed by atoms with Crippen molar-refractivity contribution >= 4 is 5.91 Å². The molecular formula is C23H47N3O. The van der Waals surface area contributed by atoms with Gasteiger partial charge >= 0.3 is 0 Å². The van der Waals surface area contributed by atoms with Crippen molar-refractivity contribution in [2.45, 2.75) is 72.6 Å². The fraction of sp³-hybridized carbons (Fsp3) is 0.957. The van der Waals surface area contributed by atoms with Crippen LogP contribution in [0.3, 0.4) is 0 Å². The van der Waals surface area contributed by atoms with Crippen LogP contribution in [0, 0.1) is 17.8 Å². The molecule has 3 rings (SSSR count). The lowest BCUT2D eigenvalue weighted by molar-refractivity contribution is -0.132. The number of likely N-dealkylation sites (N-methyl/N-ethyl adjacent to an activating group) is 1. The average Bonchev–Trinajstić information content (AvgIpc) is 2.67. The lowest BCUT2D eigenvalue weighted by Crippen LogP contribution is -2.46. The van der Waals surface area contributed by atoms with Crippen molar-refractivity contribution in [1.82, 2.24) is 14.7 Å². The number of nitrogens with zero attached hydrogens (tertiary/aromatic N) is 3. The van der Waals surface area contributed by atoms with Gasteiger partial charge in [0.1, 0.15) is 0 Å². The number of rotatable bonds is 1. The monoisotopic (exact) mass is 381 g/mol. The van der Waals surface area contributed by atoms with Crippen molar-refractivity contribution in [2.75, 3.05) is 53.4 Å². The van der Waals surface area contributed by atoms with Gasteiger partial charge in [0.15, 0.2) is 0 Å². The van der Waals surface area contributed by atoms with Crippen LogP contribution in [0.15, 0.2) is 0 Å². The Balaban J connectivity index is 0.000000206. The Hall–Kier alpha value is -0.610. The van der Waals surface area contributed by atoms with E-state index < -0.39 is 0 Å². The van der Waals surface area contributed by atoms with Crippen molar-refractivity contribution in [2.24, 2.45) is 17.8 Å². The van der Waals surface area contributed by atoms with E-state index in [9.17, 15) is 4.79 Å². The first-order valence-corrected chi connectivity index (χ1v) is 11.5. The Morgan fingerprint density at radius 3 is 1.41 bits per heavy atom. The molecule has 3 fully saturated rings. The quantitative estimate of drug-likeness (QED) is 0.675. The third-order valence-electron chi connectivity index (χ3n) is 6.47. The molecule has 2 heterocycles. The van der Waals surface area contributed by atoms with Gasteiger partial charge in [-0.3, -0.25) is 4.79 Å². The third-order valence-corrected chi connectivity index (χ3v) is 6.47. The van der Waals surface area contributed by atoms with Gasteiger partial charge in [0, 0.05) is 32.6 Å². The number of carbonyl (C=O) groups excluding carboxylic acids is 1. The van der Waals surface area contributed by atoms with E-state index in [1.165, 1.54) is 51.6 Å². The Labute approximate surface area is 169 Å². The summed E-state index contributed by atoms with van der Waals surface area (Å²) in [4.78, 5) is 17.8.